The lowest BCUT2D eigenvalue weighted by atomic mass is 9.92. The van der Waals surface area contributed by atoms with Crippen LogP contribution in [0.2, 0.25) is 0 Å². The molecule has 1 aromatic carbocycles. The molecule has 4 aromatic rings. The summed E-state index contributed by atoms with van der Waals surface area (Å²) in [4.78, 5) is 30.3. The van der Waals surface area contributed by atoms with Crippen LogP contribution in [0, 0.1) is 11.3 Å². The van der Waals surface area contributed by atoms with Gasteiger partial charge in [-0.1, -0.05) is 6.07 Å². The van der Waals surface area contributed by atoms with Crippen molar-refractivity contribution in [2.24, 2.45) is 0 Å². The average molecular weight is 534 g/mol. The third kappa shape index (κ3) is 3.94. The standard InChI is InChI=1S/C26H22F3N9O/c27-26(28,29)14-37-21(39)17-12-32-23(34-16-1-2-18-15(11-16)3-10-33-25(18)7-8-25)36-20(17)38(37)19-4-9-31-22(35-19)24(13-30)5-6-24/h1-2,4,9,11-12,33H,3,5-8,10,14H2,(H,32,34,36). The molecule has 39 heavy (non-hydrogen) atoms. The number of fused-ring (bicyclic) bond motifs is 3. The SMILES string of the molecule is N#CC1(c2nccc(-n3c4nc(Nc5ccc6c(c5)CCNC65CC5)ncc4c(=O)n3CC(F)(F)F)n2)CC1. The van der Waals surface area contributed by atoms with Crippen LogP contribution in [0.3, 0.4) is 0 Å². The molecule has 4 heterocycles. The Morgan fingerprint density at radius 2 is 1.95 bits per heavy atom. The normalized spacial score (nSPS) is 18.5. The predicted molar refractivity (Wildman–Crippen MR) is 134 cm³/mol. The van der Waals surface area contributed by atoms with E-state index in [2.05, 4.69) is 42.7 Å². The lowest BCUT2D eigenvalue weighted by Crippen LogP contribution is -2.36. The lowest BCUT2D eigenvalue weighted by Gasteiger charge is -2.27. The number of anilines is 2. The van der Waals surface area contributed by atoms with E-state index in [0.29, 0.717) is 17.5 Å². The molecule has 0 atom stereocenters. The summed E-state index contributed by atoms with van der Waals surface area (Å²) in [6.07, 6.45) is 2.13. The van der Waals surface area contributed by atoms with E-state index in [1.165, 1.54) is 29.6 Å². The number of rotatable bonds is 5. The Balaban J connectivity index is 1.32. The van der Waals surface area contributed by atoms with Gasteiger partial charge in [0.1, 0.15) is 17.3 Å². The quantitative estimate of drug-likeness (QED) is 0.400. The minimum atomic E-state index is -4.68. The molecule has 0 unspecified atom stereocenters. The van der Waals surface area contributed by atoms with Crippen molar-refractivity contribution in [3.63, 3.8) is 0 Å². The van der Waals surface area contributed by atoms with Gasteiger partial charge in [-0.15, -0.1) is 0 Å². The molecule has 3 aromatic heterocycles. The first kappa shape index (κ1) is 23.8. The maximum atomic E-state index is 13.5. The number of alkyl halides is 3. The van der Waals surface area contributed by atoms with Gasteiger partial charge in [-0.3, -0.25) is 4.79 Å². The van der Waals surface area contributed by atoms with Crippen LogP contribution in [0.25, 0.3) is 16.9 Å². The molecule has 0 radical (unpaired) electrons. The topological polar surface area (TPSA) is 126 Å². The number of nitrogens with zero attached hydrogens (tertiary/aromatic N) is 7. The van der Waals surface area contributed by atoms with Crippen molar-refractivity contribution in [1.29, 1.82) is 5.26 Å². The smallest absolute Gasteiger partial charge is 0.324 e. The minimum Gasteiger partial charge on any atom is -0.324 e. The van der Waals surface area contributed by atoms with Gasteiger partial charge >= 0.3 is 6.18 Å². The first-order chi connectivity index (χ1) is 18.7. The molecule has 2 fully saturated rings. The Morgan fingerprint density at radius 1 is 1.13 bits per heavy atom. The fraction of sp³-hybridized carbons (Fsp3) is 0.385. The average Bonchev–Trinajstić information content (AvgIpc) is 3.84. The number of nitriles is 1. The van der Waals surface area contributed by atoms with E-state index in [1.54, 1.807) is 0 Å². The molecule has 198 valence electrons. The highest BCUT2D eigenvalue weighted by Crippen LogP contribution is 2.49. The summed E-state index contributed by atoms with van der Waals surface area (Å²) in [5.41, 5.74) is 1.54. The Hall–Kier alpha value is -4.31. The molecule has 0 saturated heterocycles. The highest BCUT2D eigenvalue weighted by Gasteiger charge is 2.48. The molecule has 0 amide bonds. The van der Waals surface area contributed by atoms with Crippen LogP contribution in [0.5, 0.6) is 0 Å². The summed E-state index contributed by atoms with van der Waals surface area (Å²) in [5, 5.41) is 16.2. The Labute approximate surface area is 219 Å². The number of hydrogen-bond donors (Lipinski definition) is 2. The number of halogens is 3. The van der Waals surface area contributed by atoms with Gasteiger partial charge in [0.25, 0.3) is 5.56 Å². The molecule has 3 aliphatic rings. The zero-order valence-corrected chi connectivity index (χ0v) is 20.6. The van der Waals surface area contributed by atoms with E-state index in [1.807, 2.05) is 12.1 Å². The summed E-state index contributed by atoms with van der Waals surface area (Å²) >= 11 is 0. The molecule has 2 saturated carbocycles. The minimum absolute atomic E-state index is 0.0125. The summed E-state index contributed by atoms with van der Waals surface area (Å²) in [6, 6.07) is 9.63. The van der Waals surface area contributed by atoms with Gasteiger partial charge in [0.15, 0.2) is 17.3 Å². The van der Waals surface area contributed by atoms with E-state index in [-0.39, 0.29) is 34.2 Å². The molecular formula is C26H22F3N9O. The maximum absolute atomic E-state index is 13.5. The van der Waals surface area contributed by atoms with Gasteiger partial charge in [0.05, 0.1) is 6.07 Å². The van der Waals surface area contributed by atoms with E-state index in [4.69, 9.17) is 0 Å². The van der Waals surface area contributed by atoms with Gasteiger partial charge in [0.2, 0.25) is 5.95 Å². The largest absolute Gasteiger partial charge is 0.408 e. The summed E-state index contributed by atoms with van der Waals surface area (Å²) in [5.74, 6) is 0.346. The third-order valence-electron chi connectivity index (χ3n) is 7.74. The van der Waals surface area contributed by atoms with Crippen LogP contribution in [-0.2, 0) is 23.9 Å². The number of aromatic nitrogens is 6. The second kappa shape index (κ2) is 8.09. The van der Waals surface area contributed by atoms with E-state index in [0.717, 1.165) is 36.2 Å². The molecule has 10 nitrogen and oxygen atoms in total. The van der Waals surface area contributed by atoms with Crippen LogP contribution < -0.4 is 16.2 Å². The number of benzene rings is 1. The first-order valence-electron chi connectivity index (χ1n) is 12.7. The van der Waals surface area contributed by atoms with E-state index >= 15 is 0 Å². The van der Waals surface area contributed by atoms with Crippen molar-refractivity contribution in [1.82, 2.24) is 34.6 Å². The van der Waals surface area contributed by atoms with Gasteiger partial charge in [0, 0.05) is 36.2 Å². The highest BCUT2D eigenvalue weighted by atomic mass is 19.4. The molecule has 7 rings (SSSR count). The summed E-state index contributed by atoms with van der Waals surface area (Å²) < 4.78 is 42.2. The van der Waals surface area contributed by atoms with E-state index < -0.39 is 23.7 Å². The van der Waals surface area contributed by atoms with Crippen LogP contribution in [0.15, 0.2) is 41.5 Å². The lowest BCUT2D eigenvalue weighted by molar-refractivity contribution is -0.144. The van der Waals surface area contributed by atoms with Crippen molar-refractivity contribution in [3.05, 3.63) is 64.0 Å². The monoisotopic (exact) mass is 533 g/mol. The molecule has 2 N–H and O–H groups in total. The Kier molecular flexibility index (Phi) is 4.94. The zero-order valence-electron chi connectivity index (χ0n) is 20.6. The fourth-order valence-electron chi connectivity index (χ4n) is 5.42. The number of hydrogen-bond acceptors (Lipinski definition) is 8. The fourth-order valence-corrected chi connectivity index (χ4v) is 5.42. The molecular weight excluding hydrogens is 511 g/mol. The number of nitrogens with one attached hydrogen (secondary N) is 2. The second-order valence-electron chi connectivity index (χ2n) is 10.4. The predicted octanol–water partition coefficient (Wildman–Crippen LogP) is 3.37. The second-order valence-corrected chi connectivity index (χ2v) is 10.4. The maximum Gasteiger partial charge on any atom is 0.408 e. The van der Waals surface area contributed by atoms with Crippen LogP contribution in [0.4, 0.5) is 24.8 Å². The van der Waals surface area contributed by atoms with Gasteiger partial charge in [-0.25, -0.2) is 24.3 Å². The van der Waals surface area contributed by atoms with Crippen LogP contribution >= 0.6 is 0 Å². The van der Waals surface area contributed by atoms with Crippen LogP contribution in [0.1, 0.15) is 42.6 Å². The highest BCUT2D eigenvalue weighted by molar-refractivity contribution is 5.77. The third-order valence-corrected chi connectivity index (χ3v) is 7.74. The van der Waals surface area contributed by atoms with Crippen molar-refractivity contribution < 1.29 is 13.2 Å². The van der Waals surface area contributed by atoms with Gasteiger partial charge in [-0.05, 0) is 55.4 Å². The Bertz CT molecular complexity index is 1740. The molecule has 1 aliphatic heterocycles. The zero-order chi connectivity index (χ0) is 27.0. The van der Waals surface area contributed by atoms with Crippen molar-refractivity contribution in [2.75, 3.05) is 11.9 Å². The van der Waals surface area contributed by atoms with E-state index in [9.17, 15) is 23.2 Å². The first-order valence-corrected chi connectivity index (χ1v) is 12.7. The van der Waals surface area contributed by atoms with Gasteiger partial charge in [-0.2, -0.15) is 23.4 Å². The molecule has 1 spiro atoms. The van der Waals surface area contributed by atoms with Crippen molar-refractivity contribution in [3.8, 4) is 11.9 Å². The Morgan fingerprint density at radius 3 is 2.67 bits per heavy atom. The van der Waals surface area contributed by atoms with Crippen molar-refractivity contribution >= 4 is 22.7 Å². The van der Waals surface area contributed by atoms with Gasteiger partial charge < -0.3 is 10.6 Å². The van der Waals surface area contributed by atoms with Crippen molar-refractivity contribution in [2.45, 2.75) is 55.8 Å². The summed E-state index contributed by atoms with van der Waals surface area (Å²) in [6.45, 7) is -0.653. The molecule has 0 bridgehead atoms. The summed E-state index contributed by atoms with van der Waals surface area (Å²) in [7, 11) is 0. The molecule has 2 aliphatic carbocycles. The molecule has 13 heteroatoms. The van der Waals surface area contributed by atoms with Crippen LogP contribution in [-0.4, -0.2) is 42.0 Å².